The molecule has 0 saturated heterocycles. The zero-order valence-corrected chi connectivity index (χ0v) is 13.8. The van der Waals surface area contributed by atoms with Gasteiger partial charge in [-0.15, -0.1) is 0 Å². The molecule has 128 valence electrons. The van der Waals surface area contributed by atoms with Crippen LogP contribution in [0.3, 0.4) is 0 Å². The Bertz CT molecular complexity index is 588. The summed E-state index contributed by atoms with van der Waals surface area (Å²) in [5.74, 6) is -1.38. The number of nitrogens with zero attached hydrogens (tertiary/aromatic N) is 1. The third-order valence-electron chi connectivity index (χ3n) is 2.39. The number of esters is 1. The highest BCUT2D eigenvalue weighted by molar-refractivity contribution is 6.01. The van der Waals surface area contributed by atoms with E-state index in [0.29, 0.717) is 5.69 Å². The van der Waals surface area contributed by atoms with E-state index in [1.54, 1.807) is 34.6 Å². The van der Waals surface area contributed by atoms with Gasteiger partial charge in [0.2, 0.25) is 11.8 Å². The third-order valence-corrected chi connectivity index (χ3v) is 2.39. The summed E-state index contributed by atoms with van der Waals surface area (Å²) in [6, 6.07) is 0. The van der Waals surface area contributed by atoms with Gasteiger partial charge in [-0.25, -0.2) is 9.59 Å². The Hall–Kier alpha value is -2.58. The summed E-state index contributed by atoms with van der Waals surface area (Å²) in [5.41, 5.74) is -0.337. The van der Waals surface area contributed by atoms with Gasteiger partial charge in [0.05, 0.1) is 12.3 Å². The second-order valence-electron chi connectivity index (χ2n) is 5.60. The van der Waals surface area contributed by atoms with Crippen LogP contribution in [0.15, 0.2) is 4.52 Å². The Kier molecular flexibility index (Phi) is 6.11. The van der Waals surface area contributed by atoms with Crippen LogP contribution < -0.4 is 10.6 Å². The molecule has 0 aromatic carbocycles. The Morgan fingerprint density at radius 1 is 1.26 bits per heavy atom. The fourth-order valence-corrected chi connectivity index (χ4v) is 1.54. The molecular formula is C14H21N3O6. The van der Waals surface area contributed by atoms with Crippen molar-refractivity contribution in [1.29, 1.82) is 0 Å². The van der Waals surface area contributed by atoms with E-state index in [-0.39, 0.29) is 24.6 Å². The van der Waals surface area contributed by atoms with Gasteiger partial charge in [-0.05, 0) is 34.6 Å². The van der Waals surface area contributed by atoms with Crippen LogP contribution in [0.4, 0.5) is 10.7 Å². The maximum atomic E-state index is 11.8. The lowest BCUT2D eigenvalue weighted by Gasteiger charge is -2.19. The number of nitrogens with one attached hydrogen (secondary N) is 2. The van der Waals surface area contributed by atoms with Gasteiger partial charge in [-0.2, -0.15) is 0 Å². The smallest absolute Gasteiger partial charge is 0.408 e. The highest BCUT2D eigenvalue weighted by atomic mass is 16.6. The van der Waals surface area contributed by atoms with Gasteiger partial charge < -0.3 is 19.3 Å². The predicted octanol–water partition coefficient (Wildman–Crippen LogP) is 1.62. The molecule has 1 aromatic rings. The largest absolute Gasteiger partial charge is 0.462 e. The summed E-state index contributed by atoms with van der Waals surface area (Å²) in [6.07, 6.45) is -0.730. The van der Waals surface area contributed by atoms with E-state index in [9.17, 15) is 14.4 Å². The van der Waals surface area contributed by atoms with Gasteiger partial charge in [0.1, 0.15) is 17.7 Å². The molecule has 0 fully saturated rings. The summed E-state index contributed by atoms with van der Waals surface area (Å²) < 4.78 is 14.8. The lowest BCUT2D eigenvalue weighted by molar-refractivity contribution is -0.115. The van der Waals surface area contributed by atoms with Crippen LogP contribution >= 0.6 is 0 Å². The zero-order valence-electron chi connectivity index (χ0n) is 13.8. The van der Waals surface area contributed by atoms with Crippen LogP contribution in [0.2, 0.25) is 0 Å². The minimum Gasteiger partial charge on any atom is -0.462 e. The first-order chi connectivity index (χ1) is 10.6. The molecule has 0 aliphatic heterocycles. The second kappa shape index (κ2) is 7.61. The Balaban J connectivity index is 2.62. The first-order valence-electron chi connectivity index (χ1n) is 7.04. The van der Waals surface area contributed by atoms with Crippen LogP contribution in [0.1, 0.15) is 43.7 Å². The Labute approximate surface area is 133 Å². The van der Waals surface area contributed by atoms with Crippen LogP contribution in [0.25, 0.3) is 0 Å². The van der Waals surface area contributed by atoms with Crippen molar-refractivity contribution in [3.63, 3.8) is 0 Å². The van der Waals surface area contributed by atoms with Crippen LogP contribution in [-0.4, -0.2) is 41.9 Å². The van der Waals surface area contributed by atoms with Crippen molar-refractivity contribution < 1.29 is 28.4 Å². The summed E-state index contributed by atoms with van der Waals surface area (Å²) in [5, 5.41) is 8.25. The van der Waals surface area contributed by atoms with Gasteiger partial charge in [-0.3, -0.25) is 10.1 Å². The summed E-state index contributed by atoms with van der Waals surface area (Å²) in [6.45, 7) is 8.14. The minimum absolute atomic E-state index is 0.0393. The molecule has 1 heterocycles. The number of amides is 2. The van der Waals surface area contributed by atoms with E-state index < -0.39 is 23.6 Å². The molecule has 0 atom stereocenters. The maximum absolute atomic E-state index is 11.8. The first-order valence-corrected chi connectivity index (χ1v) is 7.04. The van der Waals surface area contributed by atoms with Crippen molar-refractivity contribution in [3.8, 4) is 0 Å². The Morgan fingerprint density at radius 2 is 1.91 bits per heavy atom. The molecule has 23 heavy (non-hydrogen) atoms. The lowest BCUT2D eigenvalue weighted by atomic mass is 10.2. The number of carbonyl (C=O) groups excluding carboxylic acids is 3. The number of rotatable bonds is 5. The average Bonchev–Trinajstić information content (AvgIpc) is 2.76. The normalized spacial score (nSPS) is 10.8. The molecule has 0 aliphatic carbocycles. The third kappa shape index (κ3) is 5.97. The van der Waals surface area contributed by atoms with Crippen LogP contribution in [0.5, 0.6) is 0 Å². The molecular weight excluding hydrogens is 306 g/mol. The van der Waals surface area contributed by atoms with Crippen molar-refractivity contribution in [2.75, 3.05) is 18.5 Å². The van der Waals surface area contributed by atoms with Gasteiger partial charge in [0.25, 0.3) is 0 Å². The number of carbonyl (C=O) groups is 3. The van der Waals surface area contributed by atoms with E-state index >= 15 is 0 Å². The van der Waals surface area contributed by atoms with Gasteiger partial charge in [0, 0.05) is 0 Å². The molecule has 0 unspecified atom stereocenters. The standard InChI is InChI=1S/C14H21N3O6/c1-6-21-12(19)10-8(2)17-23-11(10)16-9(18)7-15-13(20)22-14(3,4)5/h6-7H2,1-5H3,(H,15,20)(H,16,18). The molecule has 9 nitrogen and oxygen atoms in total. The monoisotopic (exact) mass is 327 g/mol. The van der Waals surface area contributed by atoms with Gasteiger partial charge in [-0.1, -0.05) is 5.16 Å². The topological polar surface area (TPSA) is 120 Å². The van der Waals surface area contributed by atoms with Crippen molar-refractivity contribution >= 4 is 23.9 Å². The van der Waals surface area contributed by atoms with Crippen molar-refractivity contribution in [3.05, 3.63) is 11.3 Å². The average molecular weight is 327 g/mol. The molecule has 9 heteroatoms. The molecule has 1 aromatic heterocycles. The van der Waals surface area contributed by atoms with E-state index in [4.69, 9.17) is 14.0 Å². The number of hydrogen-bond donors (Lipinski definition) is 2. The van der Waals surface area contributed by atoms with Crippen LogP contribution in [-0.2, 0) is 14.3 Å². The zero-order chi connectivity index (χ0) is 17.6. The lowest BCUT2D eigenvalue weighted by Crippen LogP contribution is -2.37. The number of aryl methyl sites for hydroxylation is 1. The van der Waals surface area contributed by atoms with E-state index in [0.717, 1.165) is 0 Å². The van der Waals surface area contributed by atoms with E-state index in [2.05, 4.69) is 15.8 Å². The number of alkyl carbamates (subject to hydrolysis) is 1. The van der Waals surface area contributed by atoms with Gasteiger partial charge in [0.15, 0.2) is 0 Å². The fourth-order valence-electron chi connectivity index (χ4n) is 1.54. The van der Waals surface area contributed by atoms with Crippen LogP contribution in [0, 0.1) is 6.92 Å². The molecule has 0 spiro atoms. The van der Waals surface area contributed by atoms with Crippen molar-refractivity contribution in [2.45, 2.75) is 40.2 Å². The number of ether oxygens (including phenoxy) is 2. The summed E-state index contributed by atoms with van der Waals surface area (Å²) >= 11 is 0. The highest BCUT2D eigenvalue weighted by Gasteiger charge is 2.23. The molecule has 2 N–H and O–H groups in total. The van der Waals surface area contributed by atoms with Crippen molar-refractivity contribution in [2.24, 2.45) is 0 Å². The van der Waals surface area contributed by atoms with E-state index in [1.165, 1.54) is 0 Å². The molecule has 2 amide bonds. The number of anilines is 1. The summed E-state index contributed by atoms with van der Waals surface area (Å²) in [4.78, 5) is 35.0. The quantitative estimate of drug-likeness (QED) is 0.788. The molecule has 0 aliphatic rings. The second-order valence-corrected chi connectivity index (χ2v) is 5.60. The predicted molar refractivity (Wildman–Crippen MR) is 80.1 cm³/mol. The van der Waals surface area contributed by atoms with Crippen molar-refractivity contribution in [1.82, 2.24) is 10.5 Å². The SMILES string of the molecule is CCOC(=O)c1c(C)noc1NC(=O)CNC(=O)OC(C)(C)C. The fraction of sp³-hybridized carbons (Fsp3) is 0.571. The number of aromatic nitrogens is 1. The molecule has 0 radical (unpaired) electrons. The summed E-state index contributed by atoms with van der Waals surface area (Å²) in [7, 11) is 0. The first kappa shape index (κ1) is 18.5. The van der Waals surface area contributed by atoms with Gasteiger partial charge >= 0.3 is 12.1 Å². The minimum atomic E-state index is -0.730. The molecule has 1 rings (SSSR count). The maximum Gasteiger partial charge on any atom is 0.408 e. The number of hydrogen-bond acceptors (Lipinski definition) is 7. The highest BCUT2D eigenvalue weighted by Crippen LogP contribution is 2.20. The van der Waals surface area contributed by atoms with E-state index in [1.807, 2.05) is 0 Å². The molecule has 0 saturated carbocycles. The Morgan fingerprint density at radius 3 is 2.48 bits per heavy atom. The molecule has 0 bridgehead atoms.